The second-order valence-electron chi connectivity index (χ2n) is 9.71. The number of likely N-dealkylation sites (tertiary alicyclic amines) is 1. The van der Waals surface area contributed by atoms with E-state index in [1.165, 1.54) is 63.4 Å². The van der Waals surface area contributed by atoms with Crippen molar-refractivity contribution in [3.63, 3.8) is 0 Å². The second kappa shape index (κ2) is 14.2. The maximum absolute atomic E-state index is 13.0. The SMILES string of the molecule is CCCCCCCCCCCCCC(=O)N1CCCCC1c1nc(-c2ccc(C)cc2)no1. The Labute approximate surface area is 200 Å². The third-order valence-corrected chi connectivity index (χ3v) is 6.85. The van der Waals surface area contributed by atoms with Gasteiger partial charge in [0.25, 0.3) is 0 Å². The topological polar surface area (TPSA) is 59.2 Å². The Morgan fingerprint density at radius 1 is 0.939 bits per heavy atom. The summed E-state index contributed by atoms with van der Waals surface area (Å²) in [7, 11) is 0. The molecule has 0 spiro atoms. The van der Waals surface area contributed by atoms with E-state index in [1.54, 1.807) is 0 Å². The Morgan fingerprint density at radius 2 is 1.58 bits per heavy atom. The lowest BCUT2D eigenvalue weighted by Crippen LogP contribution is -2.38. The Balaban J connectivity index is 1.39. The number of benzene rings is 1. The first-order chi connectivity index (χ1) is 16.2. The van der Waals surface area contributed by atoms with Crippen LogP contribution in [0.1, 0.15) is 121 Å². The number of aryl methyl sites for hydroxylation is 1. The molecule has 1 atom stereocenters. The van der Waals surface area contributed by atoms with Gasteiger partial charge in [0.05, 0.1) is 0 Å². The van der Waals surface area contributed by atoms with Crippen LogP contribution in [-0.2, 0) is 4.79 Å². The summed E-state index contributed by atoms with van der Waals surface area (Å²) in [6.07, 6.45) is 18.0. The highest BCUT2D eigenvalue weighted by atomic mass is 16.5. The number of unbranched alkanes of at least 4 members (excludes halogenated alkanes) is 10. The number of carbonyl (C=O) groups excluding carboxylic acids is 1. The van der Waals surface area contributed by atoms with Crippen LogP contribution in [0.3, 0.4) is 0 Å². The van der Waals surface area contributed by atoms with E-state index < -0.39 is 0 Å². The van der Waals surface area contributed by atoms with Crippen LogP contribution in [-0.4, -0.2) is 27.5 Å². The lowest BCUT2D eigenvalue weighted by molar-refractivity contribution is -0.135. The first-order valence-corrected chi connectivity index (χ1v) is 13.4. The van der Waals surface area contributed by atoms with Gasteiger partial charge in [0.1, 0.15) is 6.04 Å². The average Bonchev–Trinajstić information content (AvgIpc) is 3.33. The van der Waals surface area contributed by atoms with E-state index in [2.05, 4.69) is 36.1 Å². The molecule has 1 saturated heterocycles. The molecule has 5 nitrogen and oxygen atoms in total. The third-order valence-electron chi connectivity index (χ3n) is 6.85. The molecule has 1 amide bonds. The van der Waals surface area contributed by atoms with E-state index in [-0.39, 0.29) is 11.9 Å². The highest BCUT2D eigenvalue weighted by molar-refractivity contribution is 5.76. The van der Waals surface area contributed by atoms with Crippen LogP contribution in [0.5, 0.6) is 0 Å². The van der Waals surface area contributed by atoms with Gasteiger partial charge in [-0.2, -0.15) is 4.98 Å². The molecule has 2 heterocycles. The molecule has 1 aromatic carbocycles. The quantitative estimate of drug-likeness (QED) is 0.274. The zero-order chi connectivity index (χ0) is 23.3. The number of rotatable bonds is 14. The predicted octanol–water partition coefficient (Wildman–Crippen LogP) is 7.80. The van der Waals surface area contributed by atoms with E-state index in [1.807, 2.05) is 17.0 Å². The van der Waals surface area contributed by atoms with Crippen LogP contribution in [0.25, 0.3) is 11.4 Å². The smallest absolute Gasteiger partial charge is 0.249 e. The molecular weight excluding hydrogens is 410 g/mol. The fraction of sp³-hybridized carbons (Fsp3) is 0.679. The standard InChI is InChI=1S/C28H43N3O2/c1-3-4-5-6-7-8-9-10-11-12-13-17-26(32)31-22-15-14-16-25(31)28-29-27(30-33-28)24-20-18-23(2)19-21-24/h18-21,25H,3-17,22H2,1-2H3. The predicted molar refractivity (Wildman–Crippen MR) is 134 cm³/mol. The van der Waals surface area contributed by atoms with Crippen molar-refractivity contribution in [2.75, 3.05) is 6.54 Å². The van der Waals surface area contributed by atoms with Crippen molar-refractivity contribution in [2.24, 2.45) is 0 Å². The zero-order valence-corrected chi connectivity index (χ0v) is 20.9. The number of amides is 1. The minimum absolute atomic E-state index is 0.0781. The highest BCUT2D eigenvalue weighted by Crippen LogP contribution is 2.32. The molecule has 0 bridgehead atoms. The van der Waals surface area contributed by atoms with Crippen molar-refractivity contribution in [3.8, 4) is 11.4 Å². The number of carbonyl (C=O) groups is 1. The normalized spacial score (nSPS) is 16.3. The molecular formula is C28H43N3O2. The van der Waals surface area contributed by atoms with E-state index in [9.17, 15) is 4.79 Å². The largest absolute Gasteiger partial charge is 0.337 e. The minimum Gasteiger partial charge on any atom is -0.337 e. The molecule has 2 aromatic rings. The summed E-state index contributed by atoms with van der Waals surface area (Å²) in [5.41, 5.74) is 2.15. The molecule has 1 fully saturated rings. The number of hydrogen-bond donors (Lipinski definition) is 0. The molecule has 0 aliphatic carbocycles. The van der Waals surface area contributed by atoms with Gasteiger partial charge in [-0.25, -0.2) is 0 Å². The highest BCUT2D eigenvalue weighted by Gasteiger charge is 2.31. The Bertz CT molecular complexity index is 815. The fourth-order valence-electron chi connectivity index (χ4n) is 4.76. The van der Waals surface area contributed by atoms with Crippen LogP contribution in [0.15, 0.2) is 28.8 Å². The summed E-state index contributed by atoms with van der Waals surface area (Å²) in [6.45, 7) is 5.13. The molecule has 0 N–H and O–H groups in total. The molecule has 0 saturated carbocycles. The van der Waals surface area contributed by atoms with Crippen LogP contribution >= 0.6 is 0 Å². The number of nitrogens with zero attached hydrogens (tertiary/aromatic N) is 3. The van der Waals surface area contributed by atoms with Gasteiger partial charge in [-0.15, -0.1) is 0 Å². The molecule has 1 unspecified atom stereocenters. The Morgan fingerprint density at radius 3 is 2.24 bits per heavy atom. The molecule has 5 heteroatoms. The average molecular weight is 454 g/mol. The van der Waals surface area contributed by atoms with E-state index in [0.717, 1.165) is 44.2 Å². The molecule has 182 valence electrons. The second-order valence-corrected chi connectivity index (χ2v) is 9.71. The minimum atomic E-state index is -0.0781. The van der Waals surface area contributed by atoms with Gasteiger partial charge in [0.15, 0.2) is 0 Å². The lowest BCUT2D eigenvalue weighted by Gasteiger charge is -2.33. The van der Waals surface area contributed by atoms with Gasteiger partial charge in [-0.3, -0.25) is 4.79 Å². The summed E-state index contributed by atoms with van der Waals surface area (Å²) in [5, 5.41) is 4.19. The number of piperidine rings is 1. The molecule has 33 heavy (non-hydrogen) atoms. The first-order valence-electron chi connectivity index (χ1n) is 13.4. The van der Waals surface area contributed by atoms with Crippen LogP contribution in [0, 0.1) is 6.92 Å². The van der Waals surface area contributed by atoms with E-state index in [4.69, 9.17) is 4.52 Å². The van der Waals surface area contributed by atoms with Crippen molar-refractivity contribution in [2.45, 2.75) is 116 Å². The van der Waals surface area contributed by atoms with Gasteiger partial charge in [0, 0.05) is 18.5 Å². The number of hydrogen-bond acceptors (Lipinski definition) is 4. The maximum Gasteiger partial charge on any atom is 0.249 e. The van der Waals surface area contributed by atoms with E-state index in [0.29, 0.717) is 18.1 Å². The Hall–Kier alpha value is -2.17. The van der Waals surface area contributed by atoms with E-state index >= 15 is 0 Å². The fourth-order valence-corrected chi connectivity index (χ4v) is 4.76. The summed E-state index contributed by atoms with van der Waals surface area (Å²) in [5.74, 6) is 1.43. The van der Waals surface area contributed by atoms with Crippen molar-refractivity contribution in [1.82, 2.24) is 15.0 Å². The van der Waals surface area contributed by atoms with Gasteiger partial charge < -0.3 is 9.42 Å². The Kier molecular flexibility index (Phi) is 10.9. The molecule has 1 aliphatic rings. The number of aromatic nitrogens is 2. The van der Waals surface area contributed by atoms with Crippen LogP contribution in [0.4, 0.5) is 0 Å². The van der Waals surface area contributed by atoms with Crippen LogP contribution in [0.2, 0.25) is 0 Å². The molecule has 1 aromatic heterocycles. The van der Waals surface area contributed by atoms with Gasteiger partial charge in [-0.1, -0.05) is 106 Å². The first kappa shape index (κ1) is 25.5. The molecule has 1 aliphatic heterocycles. The third kappa shape index (κ3) is 8.28. The van der Waals surface area contributed by atoms with Gasteiger partial charge in [0.2, 0.25) is 17.6 Å². The van der Waals surface area contributed by atoms with Crippen molar-refractivity contribution in [3.05, 3.63) is 35.7 Å². The van der Waals surface area contributed by atoms with Gasteiger partial charge in [-0.05, 0) is 32.6 Å². The zero-order valence-electron chi connectivity index (χ0n) is 20.9. The van der Waals surface area contributed by atoms with Crippen molar-refractivity contribution in [1.29, 1.82) is 0 Å². The summed E-state index contributed by atoms with van der Waals surface area (Å²) < 4.78 is 5.63. The summed E-state index contributed by atoms with van der Waals surface area (Å²) in [4.78, 5) is 19.6. The molecule has 3 rings (SSSR count). The van der Waals surface area contributed by atoms with Crippen LogP contribution < -0.4 is 0 Å². The lowest BCUT2D eigenvalue weighted by atomic mass is 10.0. The monoisotopic (exact) mass is 453 g/mol. The molecule has 0 radical (unpaired) electrons. The van der Waals surface area contributed by atoms with Crippen molar-refractivity contribution >= 4 is 5.91 Å². The van der Waals surface area contributed by atoms with Gasteiger partial charge >= 0.3 is 0 Å². The summed E-state index contributed by atoms with van der Waals surface area (Å²) >= 11 is 0. The van der Waals surface area contributed by atoms with Crippen molar-refractivity contribution < 1.29 is 9.32 Å². The summed E-state index contributed by atoms with van der Waals surface area (Å²) in [6, 6.07) is 8.05. The maximum atomic E-state index is 13.0.